The Morgan fingerprint density at radius 1 is 1.31 bits per heavy atom. The molecule has 1 atom stereocenters. The number of piperidine rings is 1. The largest absolute Gasteiger partial charge is 0.383 e. The van der Waals surface area contributed by atoms with Crippen LogP contribution < -0.4 is 0 Å². The van der Waals surface area contributed by atoms with E-state index in [4.69, 9.17) is 4.74 Å². The highest BCUT2D eigenvalue weighted by molar-refractivity contribution is 7.99. The van der Waals surface area contributed by atoms with Crippen LogP contribution in [0.25, 0.3) is 11.4 Å². The number of hydrogen-bond acceptors (Lipinski definition) is 6. The Hall–Kier alpha value is -1.93. The fourth-order valence-corrected chi connectivity index (χ4v) is 4.02. The quantitative estimate of drug-likeness (QED) is 0.692. The molecule has 1 saturated heterocycles. The van der Waals surface area contributed by atoms with Crippen molar-refractivity contribution < 1.29 is 9.53 Å². The van der Waals surface area contributed by atoms with Crippen LogP contribution in [0.1, 0.15) is 26.2 Å². The highest BCUT2D eigenvalue weighted by Gasteiger charge is 2.24. The van der Waals surface area contributed by atoms with Crippen LogP contribution in [0.15, 0.2) is 29.7 Å². The van der Waals surface area contributed by atoms with Crippen LogP contribution in [-0.2, 0) is 16.1 Å². The zero-order valence-electron chi connectivity index (χ0n) is 15.3. The third-order valence-electron chi connectivity index (χ3n) is 4.62. The van der Waals surface area contributed by atoms with Gasteiger partial charge in [0.1, 0.15) is 0 Å². The third kappa shape index (κ3) is 4.42. The van der Waals surface area contributed by atoms with Gasteiger partial charge in [-0.1, -0.05) is 11.8 Å². The fourth-order valence-electron chi connectivity index (χ4n) is 3.17. The Morgan fingerprint density at radius 3 is 2.85 bits per heavy atom. The van der Waals surface area contributed by atoms with Crippen molar-refractivity contribution in [3.63, 3.8) is 0 Å². The van der Waals surface area contributed by atoms with E-state index >= 15 is 0 Å². The molecule has 0 spiro atoms. The smallest absolute Gasteiger partial charge is 0.233 e. The van der Waals surface area contributed by atoms with Crippen LogP contribution in [0.2, 0.25) is 0 Å². The van der Waals surface area contributed by atoms with E-state index in [2.05, 4.69) is 22.1 Å². The van der Waals surface area contributed by atoms with E-state index < -0.39 is 0 Å². The second-order valence-corrected chi connectivity index (χ2v) is 7.35. The van der Waals surface area contributed by atoms with Gasteiger partial charge in [-0.15, -0.1) is 10.2 Å². The summed E-state index contributed by atoms with van der Waals surface area (Å²) in [7, 11) is 1.67. The van der Waals surface area contributed by atoms with Gasteiger partial charge in [0.05, 0.1) is 18.9 Å². The molecule has 0 unspecified atom stereocenters. The van der Waals surface area contributed by atoms with Crippen LogP contribution in [0, 0.1) is 0 Å². The average Bonchev–Trinajstić information content (AvgIpc) is 3.08. The van der Waals surface area contributed by atoms with Crippen molar-refractivity contribution in [2.24, 2.45) is 0 Å². The molecular weight excluding hydrogens is 350 g/mol. The molecule has 1 amide bonds. The van der Waals surface area contributed by atoms with E-state index in [-0.39, 0.29) is 5.91 Å². The molecule has 7 nitrogen and oxygen atoms in total. The molecule has 0 saturated carbocycles. The van der Waals surface area contributed by atoms with Gasteiger partial charge >= 0.3 is 0 Å². The Balaban J connectivity index is 1.72. The fraction of sp³-hybridized carbons (Fsp3) is 0.556. The van der Waals surface area contributed by atoms with Crippen molar-refractivity contribution in [1.82, 2.24) is 24.6 Å². The van der Waals surface area contributed by atoms with E-state index in [0.717, 1.165) is 35.9 Å². The summed E-state index contributed by atoms with van der Waals surface area (Å²) in [6, 6.07) is 4.14. The summed E-state index contributed by atoms with van der Waals surface area (Å²) in [6.07, 6.45) is 6.86. The lowest BCUT2D eigenvalue weighted by molar-refractivity contribution is -0.131. The number of carbonyl (C=O) groups excluding carboxylic acids is 1. The number of hydrogen-bond donors (Lipinski definition) is 0. The Morgan fingerprint density at radius 2 is 2.12 bits per heavy atom. The molecule has 140 valence electrons. The first-order valence-corrected chi connectivity index (χ1v) is 9.94. The van der Waals surface area contributed by atoms with Crippen molar-refractivity contribution in [1.29, 1.82) is 0 Å². The molecule has 1 aliphatic rings. The minimum atomic E-state index is 0.175. The number of amides is 1. The number of likely N-dealkylation sites (tertiary alicyclic amines) is 1. The molecule has 1 fully saturated rings. The Bertz CT molecular complexity index is 722. The van der Waals surface area contributed by atoms with Crippen LogP contribution in [-0.4, -0.2) is 62.6 Å². The number of pyridine rings is 1. The van der Waals surface area contributed by atoms with Gasteiger partial charge in [-0.2, -0.15) is 0 Å². The number of thioether (sulfide) groups is 1. The summed E-state index contributed by atoms with van der Waals surface area (Å²) in [5, 5.41) is 9.38. The lowest BCUT2D eigenvalue weighted by Gasteiger charge is -2.33. The molecule has 0 bridgehead atoms. The molecule has 3 heterocycles. The summed E-state index contributed by atoms with van der Waals surface area (Å²) in [6.45, 7) is 4.18. The first kappa shape index (κ1) is 18.8. The standard InChI is InChI=1S/C18H25N5O2S/c1-14-5-3-4-10-22(14)16(24)13-26-18-21-20-17(23(18)11-12-25-2)15-6-8-19-9-7-15/h6-9,14H,3-5,10-13H2,1-2H3/t14-/m1/s1. The minimum absolute atomic E-state index is 0.175. The molecule has 2 aromatic heterocycles. The van der Waals surface area contributed by atoms with Crippen LogP contribution in [0.3, 0.4) is 0 Å². The van der Waals surface area contributed by atoms with E-state index in [0.29, 0.717) is 24.9 Å². The predicted molar refractivity (Wildman–Crippen MR) is 101 cm³/mol. The molecule has 1 aliphatic heterocycles. The topological polar surface area (TPSA) is 73.1 Å². The second-order valence-electron chi connectivity index (χ2n) is 6.41. The summed E-state index contributed by atoms with van der Waals surface area (Å²) in [5.41, 5.74) is 0.950. The highest BCUT2D eigenvalue weighted by Crippen LogP contribution is 2.25. The SMILES string of the molecule is COCCn1c(SCC(=O)N2CCCC[C@H]2C)nnc1-c1ccncc1. The maximum atomic E-state index is 12.6. The normalized spacial score (nSPS) is 17.5. The van der Waals surface area contributed by atoms with Gasteiger partial charge in [0.15, 0.2) is 11.0 Å². The molecule has 0 aliphatic carbocycles. The Kier molecular flexibility index (Phi) is 6.62. The van der Waals surface area contributed by atoms with Crippen LogP contribution in [0.4, 0.5) is 0 Å². The molecule has 0 N–H and O–H groups in total. The van der Waals surface area contributed by atoms with Gasteiger partial charge in [0, 0.05) is 37.7 Å². The van der Waals surface area contributed by atoms with Gasteiger partial charge in [-0.25, -0.2) is 0 Å². The first-order valence-electron chi connectivity index (χ1n) is 8.95. The lowest BCUT2D eigenvalue weighted by atomic mass is 10.0. The van der Waals surface area contributed by atoms with Crippen LogP contribution in [0.5, 0.6) is 0 Å². The molecule has 0 radical (unpaired) electrons. The lowest BCUT2D eigenvalue weighted by Crippen LogP contribution is -2.43. The number of methoxy groups -OCH3 is 1. The maximum Gasteiger partial charge on any atom is 0.233 e. The average molecular weight is 375 g/mol. The molecule has 8 heteroatoms. The van der Waals surface area contributed by atoms with Gasteiger partial charge in [-0.05, 0) is 38.3 Å². The highest BCUT2D eigenvalue weighted by atomic mass is 32.2. The summed E-state index contributed by atoms with van der Waals surface area (Å²) in [5.74, 6) is 1.32. The van der Waals surface area contributed by atoms with Crippen molar-refractivity contribution in [2.45, 2.75) is 43.9 Å². The van der Waals surface area contributed by atoms with Crippen molar-refractivity contribution in [3.8, 4) is 11.4 Å². The number of aromatic nitrogens is 4. The molecule has 2 aromatic rings. The van der Waals surface area contributed by atoms with Gasteiger partial charge in [-0.3, -0.25) is 14.3 Å². The zero-order valence-corrected chi connectivity index (χ0v) is 16.1. The third-order valence-corrected chi connectivity index (χ3v) is 5.57. The van der Waals surface area contributed by atoms with Gasteiger partial charge in [0.2, 0.25) is 5.91 Å². The van der Waals surface area contributed by atoms with Gasteiger partial charge < -0.3 is 9.64 Å². The number of rotatable bonds is 7. The van der Waals surface area contributed by atoms with Crippen molar-refractivity contribution in [3.05, 3.63) is 24.5 Å². The van der Waals surface area contributed by atoms with Crippen molar-refractivity contribution >= 4 is 17.7 Å². The van der Waals surface area contributed by atoms with E-state index in [1.54, 1.807) is 19.5 Å². The molecule has 3 rings (SSSR count). The minimum Gasteiger partial charge on any atom is -0.383 e. The van der Waals surface area contributed by atoms with E-state index in [1.165, 1.54) is 18.2 Å². The summed E-state index contributed by atoms with van der Waals surface area (Å²) in [4.78, 5) is 18.6. The number of ether oxygens (including phenoxy) is 1. The zero-order chi connectivity index (χ0) is 18.4. The molecule has 0 aromatic carbocycles. The monoisotopic (exact) mass is 375 g/mol. The van der Waals surface area contributed by atoms with Crippen LogP contribution >= 0.6 is 11.8 Å². The van der Waals surface area contributed by atoms with Crippen molar-refractivity contribution in [2.75, 3.05) is 26.0 Å². The van der Waals surface area contributed by atoms with Gasteiger partial charge in [0.25, 0.3) is 0 Å². The summed E-state index contributed by atoms with van der Waals surface area (Å²) < 4.78 is 7.23. The second kappa shape index (κ2) is 9.14. The number of carbonyl (C=O) groups is 1. The van der Waals surface area contributed by atoms with E-state index in [9.17, 15) is 4.79 Å². The summed E-state index contributed by atoms with van der Waals surface area (Å²) >= 11 is 1.44. The maximum absolute atomic E-state index is 12.6. The predicted octanol–water partition coefficient (Wildman–Crippen LogP) is 2.48. The first-order chi connectivity index (χ1) is 12.7. The number of nitrogens with zero attached hydrogens (tertiary/aromatic N) is 5. The molecule has 26 heavy (non-hydrogen) atoms. The van der Waals surface area contributed by atoms with E-state index in [1.807, 2.05) is 21.6 Å². The molecular formula is C18H25N5O2S. The Labute approximate surface area is 158 Å².